The average molecular weight is 584 g/mol. The quantitative estimate of drug-likeness (QED) is 0.283. The third kappa shape index (κ3) is 6.44. The largest absolute Gasteiger partial charge is 0.477 e. The first kappa shape index (κ1) is 27.8. The highest BCUT2D eigenvalue weighted by Gasteiger charge is 2.54. The number of carbonyl (C=O) groups excluding carboxylic acids is 3. The Morgan fingerprint density at radius 3 is 2.68 bits per heavy atom. The molecule has 2 aliphatic rings. The fraction of sp³-hybridized carbons (Fsp3) is 0.524. The summed E-state index contributed by atoms with van der Waals surface area (Å²) in [6.45, 7) is 7.10. The number of amides is 3. The zero-order valence-electron chi connectivity index (χ0n) is 20.8. The van der Waals surface area contributed by atoms with E-state index in [2.05, 4.69) is 35.8 Å². The Morgan fingerprint density at radius 2 is 2.03 bits per heavy atom. The van der Waals surface area contributed by atoms with Crippen LogP contribution < -0.4 is 10.6 Å². The minimum absolute atomic E-state index is 0.0791. The SMILES string of the molecule is Cc1nonc1CC(=O)NC1C(=O)N2C(C(=O)O)=C(CSc3nnc(CNC(=O)OC(C)(C)C)s3)CS[C@H]12. The van der Waals surface area contributed by atoms with Gasteiger partial charge in [0.1, 0.15) is 39.1 Å². The number of carbonyl (C=O) groups is 4. The van der Waals surface area contributed by atoms with Gasteiger partial charge in [-0.25, -0.2) is 14.2 Å². The predicted molar refractivity (Wildman–Crippen MR) is 136 cm³/mol. The summed E-state index contributed by atoms with van der Waals surface area (Å²) in [7, 11) is 0. The van der Waals surface area contributed by atoms with Gasteiger partial charge >= 0.3 is 12.1 Å². The van der Waals surface area contributed by atoms with Crippen LogP contribution in [0.4, 0.5) is 4.79 Å². The van der Waals surface area contributed by atoms with Crippen molar-refractivity contribution in [1.82, 2.24) is 36.0 Å². The molecule has 38 heavy (non-hydrogen) atoms. The number of nitrogens with zero attached hydrogens (tertiary/aromatic N) is 5. The first-order valence-corrected chi connectivity index (χ1v) is 14.2. The van der Waals surface area contributed by atoms with E-state index in [-0.39, 0.29) is 24.4 Å². The number of aryl methyl sites for hydroxylation is 1. The summed E-state index contributed by atoms with van der Waals surface area (Å²) in [5.41, 5.74) is 0.721. The van der Waals surface area contributed by atoms with Crippen LogP contribution in [-0.2, 0) is 32.1 Å². The van der Waals surface area contributed by atoms with Gasteiger partial charge in [-0.05, 0) is 33.3 Å². The average Bonchev–Trinajstić information content (AvgIpc) is 3.46. The maximum atomic E-state index is 12.8. The number of aliphatic carboxylic acids is 1. The van der Waals surface area contributed by atoms with Crippen molar-refractivity contribution >= 4 is 58.7 Å². The van der Waals surface area contributed by atoms with E-state index in [0.717, 1.165) is 0 Å². The molecule has 204 valence electrons. The Balaban J connectivity index is 1.34. The third-order valence-electron chi connectivity index (χ3n) is 5.24. The van der Waals surface area contributed by atoms with E-state index in [1.54, 1.807) is 27.7 Å². The standard InChI is InChI=1S/C21H25N7O7S3/c1-9-11(27-35-26-9)5-12(29)23-14-16(30)28-15(18(31)32)10(7-36-17(14)28)8-37-20-25-24-13(38-20)6-22-19(33)34-21(2,3)4/h14,17H,5-8H2,1-4H3,(H,22,33)(H,23,29)(H,31,32)/t14?,17-/m1/s1. The fourth-order valence-electron chi connectivity index (χ4n) is 3.56. The minimum atomic E-state index is -1.21. The summed E-state index contributed by atoms with van der Waals surface area (Å²) in [4.78, 5) is 50.3. The van der Waals surface area contributed by atoms with E-state index in [9.17, 15) is 24.3 Å². The molecule has 14 nitrogen and oxygen atoms in total. The topological polar surface area (TPSA) is 190 Å². The minimum Gasteiger partial charge on any atom is -0.477 e. The van der Waals surface area contributed by atoms with E-state index < -0.39 is 40.9 Å². The van der Waals surface area contributed by atoms with E-state index >= 15 is 0 Å². The lowest BCUT2D eigenvalue weighted by Gasteiger charge is -2.49. The van der Waals surface area contributed by atoms with Crippen LogP contribution in [0, 0.1) is 6.92 Å². The van der Waals surface area contributed by atoms with E-state index in [1.807, 2.05) is 0 Å². The molecule has 1 fully saturated rings. The number of fused-ring (bicyclic) bond motifs is 1. The Hall–Kier alpha value is -3.18. The lowest BCUT2D eigenvalue weighted by Crippen LogP contribution is -2.70. The molecule has 1 saturated heterocycles. The molecule has 0 aromatic carbocycles. The molecule has 0 saturated carbocycles. The van der Waals surface area contributed by atoms with Gasteiger partial charge in [0.05, 0.1) is 13.0 Å². The van der Waals surface area contributed by atoms with Gasteiger partial charge in [0.25, 0.3) is 5.91 Å². The Labute approximate surface area is 229 Å². The van der Waals surface area contributed by atoms with Gasteiger partial charge in [-0.3, -0.25) is 14.5 Å². The molecule has 0 aliphatic carbocycles. The molecular formula is C21H25N7O7S3. The van der Waals surface area contributed by atoms with Gasteiger partial charge in [0.2, 0.25) is 5.91 Å². The van der Waals surface area contributed by atoms with Gasteiger partial charge in [0.15, 0.2) is 4.34 Å². The van der Waals surface area contributed by atoms with Crippen molar-refractivity contribution in [2.75, 3.05) is 11.5 Å². The number of carboxylic acid groups (broad SMARTS) is 1. The first-order valence-electron chi connectivity index (χ1n) is 11.3. The van der Waals surface area contributed by atoms with Crippen molar-refractivity contribution in [3.8, 4) is 0 Å². The molecular weight excluding hydrogens is 558 g/mol. The summed E-state index contributed by atoms with van der Waals surface area (Å²) < 4.78 is 10.4. The number of ether oxygens (including phenoxy) is 1. The summed E-state index contributed by atoms with van der Waals surface area (Å²) >= 11 is 3.94. The van der Waals surface area contributed by atoms with Crippen LogP contribution in [-0.4, -0.2) is 82.9 Å². The number of β-lactam (4-membered cyclic amide) rings is 1. The Kier molecular flexibility index (Phi) is 8.27. The molecule has 3 amide bonds. The second-order valence-electron chi connectivity index (χ2n) is 9.29. The second-order valence-corrected chi connectivity index (χ2v) is 12.7. The van der Waals surface area contributed by atoms with Crippen LogP contribution in [0.3, 0.4) is 0 Å². The molecule has 2 atom stereocenters. The zero-order valence-corrected chi connectivity index (χ0v) is 23.3. The molecule has 0 radical (unpaired) electrons. The van der Waals surface area contributed by atoms with Gasteiger partial charge < -0.3 is 20.5 Å². The number of aromatic nitrogens is 4. The van der Waals surface area contributed by atoms with Crippen molar-refractivity contribution in [2.45, 2.75) is 62.0 Å². The molecule has 3 N–H and O–H groups in total. The Morgan fingerprint density at radius 1 is 1.26 bits per heavy atom. The summed E-state index contributed by atoms with van der Waals surface area (Å²) in [5.74, 6) is -1.48. The second kappa shape index (κ2) is 11.3. The highest BCUT2D eigenvalue weighted by atomic mass is 32.2. The van der Waals surface area contributed by atoms with Gasteiger partial charge in [-0.15, -0.1) is 22.0 Å². The summed E-state index contributed by atoms with van der Waals surface area (Å²) in [5, 5.41) is 30.6. The molecule has 2 aromatic heterocycles. The molecule has 2 aromatic rings. The van der Waals surface area contributed by atoms with Crippen molar-refractivity contribution in [3.63, 3.8) is 0 Å². The number of hydrogen-bond acceptors (Lipinski definition) is 13. The van der Waals surface area contributed by atoms with Crippen LogP contribution >= 0.6 is 34.9 Å². The number of alkyl carbamates (subject to hydrolysis) is 1. The monoisotopic (exact) mass is 583 g/mol. The fourth-order valence-corrected chi connectivity index (χ4v) is 6.88. The van der Waals surface area contributed by atoms with Crippen LogP contribution in [0.15, 0.2) is 20.2 Å². The van der Waals surface area contributed by atoms with Crippen LogP contribution in [0.1, 0.15) is 37.2 Å². The van der Waals surface area contributed by atoms with Gasteiger partial charge in [-0.1, -0.05) is 33.4 Å². The molecule has 2 aliphatic heterocycles. The predicted octanol–water partition coefficient (Wildman–Crippen LogP) is 1.33. The van der Waals surface area contributed by atoms with Crippen LogP contribution in [0.5, 0.6) is 0 Å². The summed E-state index contributed by atoms with van der Waals surface area (Å²) in [6.07, 6.45) is -0.664. The Bertz CT molecular complexity index is 1290. The van der Waals surface area contributed by atoms with E-state index in [0.29, 0.717) is 32.1 Å². The van der Waals surface area contributed by atoms with Crippen molar-refractivity contribution in [3.05, 3.63) is 27.7 Å². The zero-order chi connectivity index (χ0) is 27.6. The maximum absolute atomic E-state index is 12.8. The van der Waals surface area contributed by atoms with E-state index in [1.165, 1.54) is 39.8 Å². The van der Waals surface area contributed by atoms with Crippen LogP contribution in [0.25, 0.3) is 0 Å². The third-order valence-corrected chi connectivity index (χ3v) is 8.72. The maximum Gasteiger partial charge on any atom is 0.408 e. The highest BCUT2D eigenvalue weighted by Crippen LogP contribution is 2.41. The number of nitrogens with one attached hydrogen (secondary N) is 2. The smallest absolute Gasteiger partial charge is 0.408 e. The molecule has 17 heteroatoms. The molecule has 0 spiro atoms. The van der Waals surface area contributed by atoms with Crippen molar-refractivity contribution < 1.29 is 33.7 Å². The highest BCUT2D eigenvalue weighted by molar-refractivity contribution is 8.01. The first-order chi connectivity index (χ1) is 17.9. The van der Waals surface area contributed by atoms with Gasteiger partial charge in [0, 0.05) is 11.5 Å². The molecule has 0 bridgehead atoms. The number of rotatable bonds is 9. The lowest BCUT2D eigenvalue weighted by atomic mass is 10.0. The van der Waals surface area contributed by atoms with E-state index in [4.69, 9.17) is 4.74 Å². The molecule has 1 unspecified atom stereocenters. The number of hydrogen-bond donors (Lipinski definition) is 3. The summed E-state index contributed by atoms with van der Waals surface area (Å²) in [6, 6.07) is -0.834. The molecule has 4 heterocycles. The lowest BCUT2D eigenvalue weighted by molar-refractivity contribution is -0.150. The van der Waals surface area contributed by atoms with Gasteiger partial charge in [-0.2, -0.15) is 0 Å². The van der Waals surface area contributed by atoms with Crippen molar-refractivity contribution in [1.29, 1.82) is 0 Å². The van der Waals surface area contributed by atoms with Crippen LogP contribution in [0.2, 0.25) is 0 Å². The molecule has 4 rings (SSSR count). The number of thioether (sulfide) groups is 2. The van der Waals surface area contributed by atoms with Crippen molar-refractivity contribution in [2.24, 2.45) is 0 Å². The normalized spacial score (nSPS) is 19.1. The number of carboxylic acids is 1.